The van der Waals surface area contributed by atoms with Crippen LogP contribution in [-0.4, -0.2) is 74.7 Å². The molecule has 2 aromatic carbocycles. The molecule has 0 bridgehead atoms. The third-order valence-corrected chi connectivity index (χ3v) is 7.24. The van der Waals surface area contributed by atoms with E-state index in [1.807, 2.05) is 0 Å². The third kappa shape index (κ3) is 8.19. The van der Waals surface area contributed by atoms with E-state index in [0.717, 1.165) is 0 Å². The smallest absolute Gasteiger partial charge is 0.410 e. The number of nitro groups is 2. The molecule has 222 valence electrons. The molecule has 1 N–H and O–H groups in total. The molecular weight excluding hydrogens is 570 g/mol. The van der Waals surface area contributed by atoms with Crippen molar-refractivity contribution in [1.29, 1.82) is 0 Å². The normalized spacial score (nSPS) is 20.0. The van der Waals surface area contributed by atoms with Gasteiger partial charge in [-0.1, -0.05) is 6.08 Å². The van der Waals surface area contributed by atoms with Gasteiger partial charge in [0, 0.05) is 55.2 Å². The number of nitrogens with zero attached hydrogens (tertiary/aromatic N) is 4. The lowest BCUT2D eigenvalue weighted by atomic mass is 10.2. The van der Waals surface area contributed by atoms with Crippen LogP contribution in [0.3, 0.4) is 0 Å². The van der Waals surface area contributed by atoms with Gasteiger partial charge in [0.2, 0.25) is 5.91 Å². The number of alkyl carbamates (subject to hydrolysis) is 1. The summed E-state index contributed by atoms with van der Waals surface area (Å²) < 4.78 is 10.6. The van der Waals surface area contributed by atoms with E-state index in [0.29, 0.717) is 37.1 Å². The highest BCUT2D eigenvalue weighted by atomic mass is 32.1. The summed E-state index contributed by atoms with van der Waals surface area (Å²) in [7, 11) is 0. The molecule has 2 heterocycles. The van der Waals surface area contributed by atoms with E-state index in [2.05, 4.69) is 17.9 Å². The fourth-order valence-corrected chi connectivity index (χ4v) is 5.02. The maximum absolute atomic E-state index is 12.8. The standard InChI is InChI=1S/C27H29N5O9S/c33-25(29-12-11-20(14-29)28-26(34)40-16-18-1-5-21(6-2-18)31(36)37)10-9-23-13-24(42)15-30(23)27(35)41-17-19-3-7-22(8-4-19)32(38)39/h1-10,20,23-24,42H,11-17H2,(H,28,34)/b10-9+/t20-,23+,24+/m1/s1. The summed E-state index contributed by atoms with van der Waals surface area (Å²) in [6.07, 6.45) is 2.88. The van der Waals surface area contributed by atoms with E-state index in [-0.39, 0.29) is 48.3 Å². The summed E-state index contributed by atoms with van der Waals surface area (Å²) in [6.45, 7) is 0.942. The number of likely N-dealkylation sites (tertiary alicyclic amines) is 2. The number of nitrogens with one attached hydrogen (secondary N) is 1. The van der Waals surface area contributed by atoms with Crippen LogP contribution in [-0.2, 0) is 27.5 Å². The van der Waals surface area contributed by atoms with Gasteiger partial charge in [-0.15, -0.1) is 0 Å². The Morgan fingerprint density at radius 1 is 0.929 bits per heavy atom. The first kappa shape index (κ1) is 30.3. The highest BCUT2D eigenvalue weighted by molar-refractivity contribution is 7.81. The van der Waals surface area contributed by atoms with E-state index in [9.17, 15) is 34.6 Å². The Balaban J connectivity index is 1.22. The molecule has 42 heavy (non-hydrogen) atoms. The highest BCUT2D eigenvalue weighted by Crippen LogP contribution is 2.24. The third-order valence-electron chi connectivity index (χ3n) is 6.87. The van der Waals surface area contributed by atoms with E-state index in [1.165, 1.54) is 59.5 Å². The van der Waals surface area contributed by atoms with Crippen LogP contribution in [0.2, 0.25) is 0 Å². The van der Waals surface area contributed by atoms with Gasteiger partial charge in [-0.2, -0.15) is 12.6 Å². The van der Waals surface area contributed by atoms with Crippen LogP contribution >= 0.6 is 12.6 Å². The molecule has 3 atom stereocenters. The second-order valence-corrected chi connectivity index (χ2v) is 10.6. The van der Waals surface area contributed by atoms with Crippen molar-refractivity contribution in [1.82, 2.24) is 15.1 Å². The van der Waals surface area contributed by atoms with Crippen molar-refractivity contribution in [3.05, 3.63) is 92.0 Å². The number of non-ortho nitro benzene ring substituents is 2. The van der Waals surface area contributed by atoms with Crippen molar-refractivity contribution < 1.29 is 33.7 Å². The zero-order valence-corrected chi connectivity index (χ0v) is 23.3. The Kier molecular flexibility index (Phi) is 9.96. The second-order valence-electron chi connectivity index (χ2n) is 9.86. The van der Waals surface area contributed by atoms with Crippen LogP contribution in [0.4, 0.5) is 21.0 Å². The molecule has 2 fully saturated rings. The molecule has 14 nitrogen and oxygen atoms in total. The number of hydrogen-bond donors (Lipinski definition) is 2. The molecule has 0 aromatic heterocycles. The number of carbonyl (C=O) groups excluding carboxylic acids is 3. The molecule has 2 aliphatic rings. The maximum atomic E-state index is 12.8. The maximum Gasteiger partial charge on any atom is 0.410 e. The van der Waals surface area contributed by atoms with Gasteiger partial charge in [0.25, 0.3) is 11.4 Å². The lowest BCUT2D eigenvalue weighted by Crippen LogP contribution is -2.38. The minimum atomic E-state index is -0.656. The quantitative estimate of drug-likeness (QED) is 0.189. The Morgan fingerprint density at radius 2 is 1.50 bits per heavy atom. The summed E-state index contributed by atoms with van der Waals surface area (Å²) in [4.78, 5) is 61.3. The minimum Gasteiger partial charge on any atom is -0.445 e. The largest absolute Gasteiger partial charge is 0.445 e. The monoisotopic (exact) mass is 599 g/mol. The van der Waals surface area contributed by atoms with Gasteiger partial charge < -0.3 is 24.6 Å². The van der Waals surface area contributed by atoms with Gasteiger partial charge in [-0.05, 0) is 48.2 Å². The van der Waals surface area contributed by atoms with Crippen molar-refractivity contribution in [2.75, 3.05) is 19.6 Å². The number of hydrogen-bond acceptors (Lipinski definition) is 10. The molecule has 0 radical (unpaired) electrons. The first-order chi connectivity index (χ1) is 20.1. The molecule has 0 saturated carbocycles. The molecular formula is C27H29N5O9S. The van der Waals surface area contributed by atoms with Crippen LogP contribution in [0.15, 0.2) is 60.7 Å². The van der Waals surface area contributed by atoms with E-state index < -0.39 is 28.1 Å². The summed E-state index contributed by atoms with van der Waals surface area (Å²) in [6, 6.07) is 10.7. The lowest BCUT2D eigenvalue weighted by Gasteiger charge is -2.22. The summed E-state index contributed by atoms with van der Waals surface area (Å²) in [5, 5.41) is 24.2. The Bertz CT molecular complexity index is 1350. The Morgan fingerprint density at radius 3 is 2.07 bits per heavy atom. The number of amides is 3. The number of carbonyl (C=O) groups is 3. The van der Waals surface area contributed by atoms with Crippen LogP contribution in [0.1, 0.15) is 24.0 Å². The number of nitro benzene ring substituents is 2. The molecule has 3 amide bonds. The molecule has 2 aromatic rings. The zero-order valence-electron chi connectivity index (χ0n) is 22.4. The fraction of sp³-hybridized carbons (Fsp3) is 0.370. The average Bonchev–Trinajstić information content (AvgIpc) is 3.60. The van der Waals surface area contributed by atoms with Gasteiger partial charge in [0.05, 0.1) is 21.9 Å². The van der Waals surface area contributed by atoms with E-state index in [4.69, 9.17) is 9.47 Å². The number of rotatable bonds is 9. The number of ether oxygens (including phenoxy) is 2. The fourth-order valence-electron chi connectivity index (χ4n) is 4.63. The van der Waals surface area contributed by atoms with E-state index >= 15 is 0 Å². The Hall–Kier alpha value is -4.66. The Labute approximate surface area is 246 Å². The average molecular weight is 600 g/mol. The van der Waals surface area contributed by atoms with Gasteiger partial charge in [-0.25, -0.2) is 9.59 Å². The topological polar surface area (TPSA) is 174 Å². The zero-order chi connectivity index (χ0) is 30.2. The van der Waals surface area contributed by atoms with E-state index in [1.54, 1.807) is 11.0 Å². The molecule has 15 heteroatoms. The van der Waals surface area contributed by atoms with Crippen molar-refractivity contribution >= 4 is 42.1 Å². The van der Waals surface area contributed by atoms with Crippen molar-refractivity contribution in [2.24, 2.45) is 0 Å². The highest BCUT2D eigenvalue weighted by Gasteiger charge is 2.34. The number of benzene rings is 2. The van der Waals surface area contributed by atoms with Crippen LogP contribution in [0.5, 0.6) is 0 Å². The SMILES string of the molecule is O=C(N[C@@H]1CCN(C(=O)/C=C/[C@H]2C[C@H](S)CN2C(=O)OCc2ccc([N+](=O)[O-])cc2)C1)OCc1ccc([N+](=O)[O-])cc1. The minimum absolute atomic E-state index is 0.0533. The van der Waals surface area contributed by atoms with Gasteiger partial charge >= 0.3 is 12.2 Å². The first-order valence-corrected chi connectivity index (χ1v) is 13.6. The van der Waals surface area contributed by atoms with Gasteiger partial charge in [0.1, 0.15) is 13.2 Å². The predicted octanol–water partition coefficient (Wildman–Crippen LogP) is 3.60. The molecule has 0 aliphatic carbocycles. The second kappa shape index (κ2) is 13.8. The van der Waals surface area contributed by atoms with Crippen molar-refractivity contribution in [3.8, 4) is 0 Å². The molecule has 4 rings (SSSR count). The van der Waals surface area contributed by atoms with Crippen LogP contribution in [0.25, 0.3) is 0 Å². The molecule has 2 aliphatic heterocycles. The van der Waals surface area contributed by atoms with Gasteiger partial charge in [-0.3, -0.25) is 25.0 Å². The summed E-state index contributed by atoms with van der Waals surface area (Å²) in [5.74, 6) is -0.264. The van der Waals surface area contributed by atoms with Crippen molar-refractivity contribution in [2.45, 2.75) is 43.4 Å². The molecule has 2 saturated heterocycles. The number of thiol groups is 1. The van der Waals surface area contributed by atoms with Crippen molar-refractivity contribution in [3.63, 3.8) is 0 Å². The predicted molar refractivity (Wildman–Crippen MR) is 152 cm³/mol. The molecule has 0 unspecified atom stereocenters. The lowest BCUT2D eigenvalue weighted by molar-refractivity contribution is -0.385. The van der Waals surface area contributed by atoms with Gasteiger partial charge in [0.15, 0.2) is 0 Å². The first-order valence-electron chi connectivity index (χ1n) is 13.1. The molecule has 0 spiro atoms. The summed E-state index contributed by atoms with van der Waals surface area (Å²) in [5.41, 5.74) is 1.09. The van der Waals surface area contributed by atoms with Crippen LogP contribution < -0.4 is 5.32 Å². The van der Waals surface area contributed by atoms with Crippen LogP contribution in [0, 0.1) is 20.2 Å². The summed E-state index contributed by atoms with van der Waals surface area (Å²) >= 11 is 4.48.